The molecule has 0 bridgehead atoms. The standard InChI is InChI=1S/C21H28N2O/c1-4-23-14-15(2)19-11-17-13-22-9-8-21(17,12-20(19)23)16-6-5-7-18(10-16)24-3/h5-7,10,14,17,22H,4,8-9,11-13H2,1-3H3. The smallest absolute Gasteiger partial charge is 0.119 e. The maximum atomic E-state index is 5.52. The average Bonchev–Trinajstić information content (AvgIpc) is 2.94. The second-order valence-electron chi connectivity index (χ2n) is 7.44. The van der Waals surface area contributed by atoms with E-state index in [1.807, 2.05) is 0 Å². The van der Waals surface area contributed by atoms with Crippen LogP contribution in [-0.4, -0.2) is 24.8 Å². The highest BCUT2D eigenvalue weighted by Crippen LogP contribution is 2.47. The number of aromatic nitrogens is 1. The van der Waals surface area contributed by atoms with Gasteiger partial charge >= 0.3 is 0 Å². The van der Waals surface area contributed by atoms with Gasteiger partial charge in [0, 0.05) is 23.9 Å². The molecule has 24 heavy (non-hydrogen) atoms. The Balaban J connectivity index is 1.84. The van der Waals surface area contributed by atoms with Gasteiger partial charge in [-0.15, -0.1) is 0 Å². The maximum Gasteiger partial charge on any atom is 0.119 e. The van der Waals surface area contributed by atoms with Crippen LogP contribution in [0.1, 0.15) is 35.7 Å². The first-order valence-corrected chi connectivity index (χ1v) is 9.20. The van der Waals surface area contributed by atoms with Crippen molar-refractivity contribution in [1.29, 1.82) is 0 Å². The Hall–Kier alpha value is -1.74. The summed E-state index contributed by atoms with van der Waals surface area (Å²) in [5, 5.41) is 3.64. The largest absolute Gasteiger partial charge is 0.497 e. The molecule has 3 nitrogen and oxygen atoms in total. The van der Waals surface area contributed by atoms with Gasteiger partial charge in [0.25, 0.3) is 0 Å². The van der Waals surface area contributed by atoms with E-state index >= 15 is 0 Å². The van der Waals surface area contributed by atoms with Gasteiger partial charge in [-0.25, -0.2) is 0 Å². The van der Waals surface area contributed by atoms with Crippen LogP contribution < -0.4 is 10.1 Å². The van der Waals surface area contributed by atoms with E-state index in [0.29, 0.717) is 5.92 Å². The molecule has 2 unspecified atom stereocenters. The highest BCUT2D eigenvalue weighted by atomic mass is 16.5. The van der Waals surface area contributed by atoms with Crippen molar-refractivity contribution in [3.8, 4) is 5.75 Å². The summed E-state index contributed by atoms with van der Waals surface area (Å²) in [5.41, 5.74) is 6.34. The van der Waals surface area contributed by atoms with E-state index in [9.17, 15) is 0 Å². The van der Waals surface area contributed by atoms with Crippen molar-refractivity contribution in [3.63, 3.8) is 0 Å². The van der Waals surface area contributed by atoms with Crippen LogP contribution in [0, 0.1) is 12.8 Å². The maximum absolute atomic E-state index is 5.52. The van der Waals surface area contributed by atoms with Crippen LogP contribution in [0.4, 0.5) is 0 Å². The molecule has 2 aliphatic rings. The predicted octanol–water partition coefficient (Wildman–Crippen LogP) is 3.47. The number of rotatable bonds is 3. The van der Waals surface area contributed by atoms with E-state index in [1.165, 1.54) is 24.0 Å². The van der Waals surface area contributed by atoms with Crippen LogP contribution in [0.15, 0.2) is 30.5 Å². The molecule has 1 N–H and O–H groups in total. The zero-order chi connectivity index (χ0) is 16.7. The van der Waals surface area contributed by atoms with Crippen LogP contribution in [0.2, 0.25) is 0 Å². The predicted molar refractivity (Wildman–Crippen MR) is 97.9 cm³/mol. The van der Waals surface area contributed by atoms with Gasteiger partial charge in [0.2, 0.25) is 0 Å². The summed E-state index contributed by atoms with van der Waals surface area (Å²) in [5.74, 6) is 1.64. The quantitative estimate of drug-likeness (QED) is 0.935. The molecule has 1 aromatic heterocycles. The minimum absolute atomic E-state index is 0.241. The lowest BCUT2D eigenvalue weighted by Crippen LogP contribution is -2.52. The number of ether oxygens (including phenoxy) is 1. The van der Waals surface area contributed by atoms with Crippen molar-refractivity contribution in [1.82, 2.24) is 9.88 Å². The van der Waals surface area contributed by atoms with E-state index in [1.54, 1.807) is 18.4 Å². The molecule has 3 heteroatoms. The van der Waals surface area contributed by atoms with Gasteiger partial charge in [-0.05, 0) is 80.9 Å². The van der Waals surface area contributed by atoms with Crippen LogP contribution >= 0.6 is 0 Å². The van der Waals surface area contributed by atoms with Gasteiger partial charge < -0.3 is 14.6 Å². The molecule has 1 aliphatic carbocycles. The normalized spacial score (nSPS) is 25.9. The average molecular weight is 324 g/mol. The molecular formula is C21H28N2O. The van der Waals surface area contributed by atoms with Gasteiger partial charge in [-0.1, -0.05) is 12.1 Å². The molecule has 1 fully saturated rings. The van der Waals surface area contributed by atoms with E-state index in [-0.39, 0.29) is 5.41 Å². The summed E-state index contributed by atoms with van der Waals surface area (Å²) in [7, 11) is 1.77. The SMILES string of the molecule is CCn1cc(C)c2c1CC1(c3cccc(OC)c3)CCNCC1C2. The molecule has 1 saturated heterocycles. The van der Waals surface area contributed by atoms with Gasteiger partial charge in [0.1, 0.15) is 5.75 Å². The summed E-state index contributed by atoms with van der Waals surface area (Å²) in [6.07, 6.45) is 5.91. The second kappa shape index (κ2) is 5.96. The molecule has 2 heterocycles. The molecular weight excluding hydrogens is 296 g/mol. The van der Waals surface area contributed by atoms with Crippen molar-refractivity contribution in [3.05, 3.63) is 52.8 Å². The molecule has 2 atom stereocenters. The number of benzene rings is 1. The Morgan fingerprint density at radius 1 is 1.38 bits per heavy atom. The van der Waals surface area contributed by atoms with Crippen LogP contribution in [0.5, 0.6) is 5.75 Å². The van der Waals surface area contributed by atoms with E-state index < -0.39 is 0 Å². The Labute approximate surface area is 145 Å². The van der Waals surface area contributed by atoms with E-state index in [0.717, 1.165) is 31.8 Å². The lowest BCUT2D eigenvalue weighted by Gasteiger charge is -2.48. The van der Waals surface area contributed by atoms with Crippen LogP contribution in [0.25, 0.3) is 0 Å². The molecule has 0 spiro atoms. The van der Waals surface area contributed by atoms with Crippen molar-refractivity contribution < 1.29 is 4.74 Å². The number of methoxy groups -OCH3 is 1. The number of hydrogen-bond donors (Lipinski definition) is 1. The number of nitrogens with one attached hydrogen (secondary N) is 1. The van der Waals surface area contributed by atoms with Crippen molar-refractivity contribution in [2.24, 2.45) is 5.92 Å². The minimum atomic E-state index is 0.241. The zero-order valence-corrected chi connectivity index (χ0v) is 15.1. The second-order valence-corrected chi connectivity index (χ2v) is 7.44. The molecule has 1 aromatic carbocycles. The topological polar surface area (TPSA) is 26.2 Å². The molecule has 2 aromatic rings. The Kier molecular flexibility index (Phi) is 3.92. The molecule has 4 rings (SSSR count). The summed E-state index contributed by atoms with van der Waals surface area (Å²) in [4.78, 5) is 0. The Morgan fingerprint density at radius 3 is 3.04 bits per heavy atom. The van der Waals surface area contributed by atoms with Gasteiger partial charge in [-0.2, -0.15) is 0 Å². The van der Waals surface area contributed by atoms with Crippen LogP contribution in [0.3, 0.4) is 0 Å². The Morgan fingerprint density at radius 2 is 2.25 bits per heavy atom. The summed E-state index contributed by atoms with van der Waals surface area (Å²) in [6.45, 7) is 7.82. The van der Waals surface area contributed by atoms with E-state index in [4.69, 9.17) is 4.74 Å². The zero-order valence-electron chi connectivity index (χ0n) is 15.1. The third-order valence-electron chi connectivity index (χ3n) is 6.36. The first-order valence-electron chi connectivity index (χ1n) is 9.20. The fourth-order valence-electron chi connectivity index (χ4n) is 5.01. The number of piperidine rings is 1. The summed E-state index contributed by atoms with van der Waals surface area (Å²) < 4.78 is 8.00. The molecule has 0 saturated carbocycles. The molecule has 128 valence electrons. The number of nitrogens with zero attached hydrogens (tertiary/aromatic N) is 1. The fraction of sp³-hybridized carbons (Fsp3) is 0.524. The van der Waals surface area contributed by atoms with Gasteiger partial charge in [-0.3, -0.25) is 0 Å². The first-order chi connectivity index (χ1) is 11.7. The minimum Gasteiger partial charge on any atom is -0.497 e. The fourth-order valence-corrected chi connectivity index (χ4v) is 5.01. The van der Waals surface area contributed by atoms with E-state index in [2.05, 4.69) is 54.2 Å². The number of fused-ring (bicyclic) bond motifs is 2. The van der Waals surface area contributed by atoms with Gasteiger partial charge in [0.05, 0.1) is 7.11 Å². The highest BCUT2D eigenvalue weighted by molar-refractivity contribution is 5.43. The molecule has 0 radical (unpaired) electrons. The van der Waals surface area contributed by atoms with Crippen molar-refractivity contribution >= 4 is 0 Å². The first kappa shape index (κ1) is 15.8. The van der Waals surface area contributed by atoms with Crippen LogP contribution in [-0.2, 0) is 24.8 Å². The summed E-state index contributed by atoms with van der Waals surface area (Å²) in [6, 6.07) is 8.80. The lowest BCUT2D eigenvalue weighted by molar-refractivity contribution is 0.179. The number of hydrogen-bond acceptors (Lipinski definition) is 2. The summed E-state index contributed by atoms with van der Waals surface area (Å²) >= 11 is 0. The lowest BCUT2D eigenvalue weighted by atomic mass is 9.59. The molecule has 0 amide bonds. The van der Waals surface area contributed by atoms with Gasteiger partial charge in [0.15, 0.2) is 0 Å². The highest BCUT2D eigenvalue weighted by Gasteiger charge is 2.46. The van der Waals surface area contributed by atoms with Crippen molar-refractivity contribution in [2.45, 2.75) is 45.1 Å². The Bertz CT molecular complexity index is 748. The third-order valence-corrected chi connectivity index (χ3v) is 6.36. The number of aryl methyl sites for hydroxylation is 2. The van der Waals surface area contributed by atoms with Crippen molar-refractivity contribution in [2.75, 3.05) is 20.2 Å². The third kappa shape index (κ3) is 2.29. The molecule has 1 aliphatic heterocycles. The monoisotopic (exact) mass is 324 g/mol.